The van der Waals surface area contributed by atoms with E-state index in [4.69, 9.17) is 4.74 Å². The number of anilines is 1. The maximum absolute atomic E-state index is 13.3. The van der Waals surface area contributed by atoms with Gasteiger partial charge in [0, 0.05) is 36.1 Å². The van der Waals surface area contributed by atoms with Gasteiger partial charge in [0.2, 0.25) is 21.8 Å². The van der Waals surface area contributed by atoms with Gasteiger partial charge in [-0.25, -0.2) is 8.42 Å². The number of carbonyl (C=O) groups is 2. The van der Waals surface area contributed by atoms with Gasteiger partial charge < -0.3 is 15.0 Å². The number of hydrogen-bond acceptors (Lipinski definition) is 5. The molecule has 2 amide bonds. The summed E-state index contributed by atoms with van der Waals surface area (Å²) in [6, 6.07) is 13.6. The topological polar surface area (TPSA) is 96.0 Å². The van der Waals surface area contributed by atoms with Gasteiger partial charge in [-0.1, -0.05) is 34.1 Å². The van der Waals surface area contributed by atoms with Gasteiger partial charge in [0.15, 0.2) is 0 Å². The van der Waals surface area contributed by atoms with Crippen molar-refractivity contribution in [1.82, 2.24) is 10.2 Å². The number of nitrogens with one attached hydrogen (secondary N) is 1. The number of sulfonamides is 1. The van der Waals surface area contributed by atoms with Gasteiger partial charge in [-0.2, -0.15) is 0 Å². The molecule has 0 saturated heterocycles. The number of amides is 2. The second kappa shape index (κ2) is 12.9. The van der Waals surface area contributed by atoms with E-state index in [-0.39, 0.29) is 43.8 Å². The molecule has 0 aliphatic carbocycles. The van der Waals surface area contributed by atoms with E-state index in [1.54, 1.807) is 31.2 Å². The highest BCUT2D eigenvalue weighted by atomic mass is 79.9. The predicted octanol–water partition coefficient (Wildman–Crippen LogP) is 3.95. The zero-order valence-electron chi connectivity index (χ0n) is 20.8. The van der Waals surface area contributed by atoms with Crippen LogP contribution in [0.15, 0.2) is 53.0 Å². The third-order valence-corrected chi connectivity index (χ3v) is 7.02. The van der Waals surface area contributed by atoms with Crippen molar-refractivity contribution in [3.63, 3.8) is 0 Å². The van der Waals surface area contributed by atoms with Crippen molar-refractivity contribution in [3.05, 3.63) is 58.6 Å². The standard InChI is InChI=1S/C25H34BrN3O5S/c1-18(2)27-25(31)19(3)28(17-20-9-6-10-21(26)15-20)24(30)13-8-14-29(35(5,32)33)22-11-7-12-23(16-22)34-4/h6-7,9-12,15-16,18-19H,8,13-14,17H2,1-5H3,(H,27,31). The Morgan fingerprint density at radius 2 is 1.77 bits per heavy atom. The molecular formula is C25H34BrN3O5S. The number of hydrogen-bond donors (Lipinski definition) is 1. The summed E-state index contributed by atoms with van der Waals surface area (Å²) in [5, 5.41) is 2.86. The Hall–Kier alpha value is -2.59. The number of ether oxygens (including phenoxy) is 1. The van der Waals surface area contributed by atoms with Crippen LogP contribution in [0.1, 0.15) is 39.2 Å². The number of halogens is 1. The van der Waals surface area contributed by atoms with Gasteiger partial charge in [-0.05, 0) is 57.0 Å². The van der Waals surface area contributed by atoms with E-state index < -0.39 is 16.1 Å². The monoisotopic (exact) mass is 567 g/mol. The Labute approximate surface area is 216 Å². The fourth-order valence-electron chi connectivity index (χ4n) is 3.59. The summed E-state index contributed by atoms with van der Waals surface area (Å²) in [5.74, 6) is 0.0744. The van der Waals surface area contributed by atoms with Crippen LogP contribution in [0.5, 0.6) is 5.75 Å². The minimum absolute atomic E-state index is 0.0565. The van der Waals surface area contributed by atoms with E-state index in [0.29, 0.717) is 11.4 Å². The van der Waals surface area contributed by atoms with E-state index in [1.165, 1.54) is 16.3 Å². The highest BCUT2D eigenvalue weighted by Gasteiger charge is 2.27. The molecule has 8 nitrogen and oxygen atoms in total. The van der Waals surface area contributed by atoms with E-state index >= 15 is 0 Å². The first-order chi connectivity index (χ1) is 16.4. The second-order valence-corrected chi connectivity index (χ2v) is 11.5. The molecule has 1 N–H and O–H groups in total. The maximum Gasteiger partial charge on any atom is 0.242 e. The molecule has 0 aromatic heterocycles. The molecule has 0 fully saturated rings. The molecule has 0 bridgehead atoms. The van der Waals surface area contributed by atoms with Gasteiger partial charge in [0.25, 0.3) is 0 Å². The lowest BCUT2D eigenvalue weighted by Crippen LogP contribution is -2.49. The molecule has 1 unspecified atom stereocenters. The third-order valence-electron chi connectivity index (χ3n) is 5.33. The van der Waals surface area contributed by atoms with Crippen molar-refractivity contribution in [3.8, 4) is 5.75 Å². The fraction of sp³-hybridized carbons (Fsp3) is 0.440. The van der Waals surface area contributed by atoms with Crippen molar-refractivity contribution in [1.29, 1.82) is 0 Å². The number of benzene rings is 2. The molecule has 2 aromatic rings. The third kappa shape index (κ3) is 8.85. The Morgan fingerprint density at radius 1 is 1.09 bits per heavy atom. The van der Waals surface area contributed by atoms with Gasteiger partial charge in [0.1, 0.15) is 11.8 Å². The predicted molar refractivity (Wildman–Crippen MR) is 142 cm³/mol. The lowest BCUT2D eigenvalue weighted by molar-refractivity contribution is -0.140. The first-order valence-corrected chi connectivity index (χ1v) is 14.0. The van der Waals surface area contributed by atoms with Crippen LogP contribution in [0.4, 0.5) is 5.69 Å². The summed E-state index contributed by atoms with van der Waals surface area (Å²) in [6.07, 6.45) is 1.51. The normalized spacial score (nSPS) is 12.2. The second-order valence-electron chi connectivity index (χ2n) is 8.63. The molecule has 0 aliphatic heterocycles. The van der Waals surface area contributed by atoms with Crippen molar-refractivity contribution in [2.24, 2.45) is 0 Å². The van der Waals surface area contributed by atoms with Crippen molar-refractivity contribution < 1.29 is 22.7 Å². The number of methoxy groups -OCH3 is 1. The highest BCUT2D eigenvalue weighted by molar-refractivity contribution is 9.10. The van der Waals surface area contributed by atoms with Crippen LogP contribution < -0.4 is 14.4 Å². The van der Waals surface area contributed by atoms with E-state index in [1.807, 2.05) is 38.1 Å². The van der Waals surface area contributed by atoms with Crippen LogP contribution in [0.25, 0.3) is 0 Å². The first kappa shape index (κ1) is 28.6. The van der Waals surface area contributed by atoms with Gasteiger partial charge in [-0.15, -0.1) is 0 Å². The smallest absolute Gasteiger partial charge is 0.242 e. The van der Waals surface area contributed by atoms with Crippen LogP contribution >= 0.6 is 15.9 Å². The van der Waals surface area contributed by atoms with Gasteiger partial charge >= 0.3 is 0 Å². The zero-order chi connectivity index (χ0) is 26.2. The van der Waals surface area contributed by atoms with E-state index in [2.05, 4.69) is 21.2 Å². The van der Waals surface area contributed by atoms with E-state index in [0.717, 1.165) is 16.3 Å². The average molecular weight is 569 g/mol. The van der Waals surface area contributed by atoms with Crippen LogP contribution in [-0.4, -0.2) is 57.1 Å². The molecule has 0 aliphatic rings. The Morgan fingerprint density at radius 3 is 2.37 bits per heavy atom. The molecule has 10 heteroatoms. The van der Waals surface area contributed by atoms with Crippen LogP contribution in [0.2, 0.25) is 0 Å². The Bertz CT molecular complexity index is 1120. The molecule has 0 saturated carbocycles. The summed E-state index contributed by atoms with van der Waals surface area (Å²) < 4.78 is 32.2. The lowest BCUT2D eigenvalue weighted by Gasteiger charge is -2.30. The summed E-state index contributed by atoms with van der Waals surface area (Å²) >= 11 is 3.44. The molecule has 192 valence electrons. The molecule has 0 heterocycles. The molecular weight excluding hydrogens is 534 g/mol. The van der Waals surface area contributed by atoms with Crippen molar-refractivity contribution >= 4 is 43.5 Å². The Balaban J connectivity index is 2.18. The first-order valence-electron chi connectivity index (χ1n) is 11.4. The summed E-state index contributed by atoms with van der Waals surface area (Å²) in [6.45, 7) is 5.81. The fourth-order valence-corrected chi connectivity index (χ4v) is 4.99. The van der Waals surface area contributed by atoms with Crippen LogP contribution in [-0.2, 0) is 26.2 Å². The minimum Gasteiger partial charge on any atom is -0.497 e. The average Bonchev–Trinajstić information content (AvgIpc) is 2.78. The lowest BCUT2D eigenvalue weighted by atomic mass is 10.1. The Kier molecular flexibility index (Phi) is 10.6. The molecule has 2 rings (SSSR count). The summed E-state index contributed by atoms with van der Waals surface area (Å²) in [7, 11) is -2.06. The maximum atomic E-state index is 13.3. The van der Waals surface area contributed by atoms with E-state index in [9.17, 15) is 18.0 Å². The SMILES string of the molecule is COc1cccc(N(CCCC(=O)N(Cc2cccc(Br)c2)C(C)C(=O)NC(C)C)S(C)(=O)=O)c1. The number of carbonyl (C=O) groups excluding carboxylic acids is 2. The molecule has 0 radical (unpaired) electrons. The van der Waals surface area contributed by atoms with Crippen molar-refractivity contribution in [2.75, 3.05) is 24.2 Å². The highest BCUT2D eigenvalue weighted by Crippen LogP contribution is 2.24. The summed E-state index contributed by atoms with van der Waals surface area (Å²) in [4.78, 5) is 27.5. The number of rotatable bonds is 12. The summed E-state index contributed by atoms with van der Waals surface area (Å²) in [5.41, 5.74) is 1.35. The van der Waals surface area contributed by atoms with Gasteiger partial charge in [0.05, 0.1) is 19.1 Å². The minimum atomic E-state index is -3.57. The van der Waals surface area contributed by atoms with Crippen LogP contribution in [0, 0.1) is 0 Å². The largest absolute Gasteiger partial charge is 0.497 e. The molecule has 0 spiro atoms. The van der Waals surface area contributed by atoms with Gasteiger partial charge in [-0.3, -0.25) is 13.9 Å². The molecule has 35 heavy (non-hydrogen) atoms. The van der Waals surface area contributed by atoms with Crippen molar-refractivity contribution in [2.45, 2.75) is 52.2 Å². The molecule has 2 aromatic carbocycles. The number of nitrogens with zero attached hydrogens (tertiary/aromatic N) is 2. The quantitative estimate of drug-likeness (QED) is 0.419. The zero-order valence-corrected chi connectivity index (χ0v) is 23.2. The molecule has 1 atom stereocenters. The van der Waals surface area contributed by atoms with Crippen LogP contribution in [0.3, 0.4) is 0 Å².